The van der Waals surface area contributed by atoms with E-state index in [2.05, 4.69) is 44.7 Å². The van der Waals surface area contributed by atoms with Crippen LogP contribution in [0.2, 0.25) is 0 Å². The maximum Gasteiger partial charge on any atom is 0.245 e. The first-order valence-electron chi connectivity index (χ1n) is 7.09. The minimum absolute atomic E-state index is 0.145. The normalized spacial score (nSPS) is 12.2. The second kappa shape index (κ2) is 8.89. The van der Waals surface area contributed by atoms with E-state index in [1.54, 1.807) is 7.05 Å². The third kappa shape index (κ3) is 5.71. The van der Waals surface area contributed by atoms with Gasteiger partial charge in [-0.05, 0) is 42.5 Å². The van der Waals surface area contributed by atoms with E-state index < -0.39 is 10.0 Å². The molecule has 0 aromatic carbocycles. The van der Waals surface area contributed by atoms with Gasteiger partial charge in [0.1, 0.15) is 10.7 Å². The predicted molar refractivity (Wildman–Crippen MR) is 86.8 cm³/mol. The molecule has 0 unspecified atom stereocenters. The van der Waals surface area contributed by atoms with Gasteiger partial charge in [0.2, 0.25) is 10.0 Å². The lowest BCUT2D eigenvalue weighted by atomic mass is 10.4. The van der Waals surface area contributed by atoms with Crippen LogP contribution in [-0.2, 0) is 16.6 Å². The van der Waals surface area contributed by atoms with Crippen molar-refractivity contribution in [2.24, 2.45) is 0 Å². The van der Waals surface area contributed by atoms with E-state index in [-0.39, 0.29) is 9.56 Å². The molecule has 0 radical (unpaired) electrons. The molecule has 21 heavy (non-hydrogen) atoms. The lowest BCUT2D eigenvalue weighted by Gasteiger charge is -2.19. The van der Waals surface area contributed by atoms with Crippen LogP contribution in [0.5, 0.6) is 0 Å². The van der Waals surface area contributed by atoms with Crippen molar-refractivity contribution in [3.8, 4) is 0 Å². The van der Waals surface area contributed by atoms with E-state index in [0.717, 1.165) is 19.5 Å². The minimum atomic E-state index is -3.55. The van der Waals surface area contributed by atoms with E-state index in [9.17, 15) is 8.42 Å². The standard InChI is InChI=1S/C13H24BrN3O3S/c1-4-7-17(5-2)8-6-16-21(18,19)12-9-11(10-15-3)20-13(12)14/h9,15-16H,4-8,10H2,1-3H3. The molecule has 1 aromatic heterocycles. The number of rotatable bonds is 10. The highest BCUT2D eigenvalue weighted by molar-refractivity contribution is 9.10. The number of likely N-dealkylation sites (N-methyl/N-ethyl adjacent to an activating group) is 1. The third-order valence-electron chi connectivity index (χ3n) is 3.05. The van der Waals surface area contributed by atoms with Crippen LogP contribution >= 0.6 is 15.9 Å². The number of halogens is 1. The Morgan fingerprint density at radius 1 is 1.33 bits per heavy atom. The SMILES string of the molecule is CCCN(CC)CCNS(=O)(=O)c1cc(CNC)oc1Br. The van der Waals surface area contributed by atoms with Crippen LogP contribution in [0.3, 0.4) is 0 Å². The molecule has 0 amide bonds. The molecule has 1 rings (SSSR count). The summed E-state index contributed by atoms with van der Waals surface area (Å²) in [4.78, 5) is 2.35. The Morgan fingerprint density at radius 3 is 2.62 bits per heavy atom. The Bertz CT molecular complexity index is 531. The fourth-order valence-corrected chi connectivity index (χ4v) is 4.02. The predicted octanol–water partition coefficient (Wildman–Crippen LogP) is 1.77. The highest BCUT2D eigenvalue weighted by Gasteiger charge is 2.22. The first kappa shape index (κ1) is 18.6. The van der Waals surface area contributed by atoms with Gasteiger partial charge in [-0.1, -0.05) is 13.8 Å². The van der Waals surface area contributed by atoms with Gasteiger partial charge in [0.05, 0.1) is 6.54 Å². The molecule has 0 aliphatic rings. The zero-order valence-electron chi connectivity index (χ0n) is 12.8. The van der Waals surface area contributed by atoms with E-state index in [0.29, 0.717) is 25.4 Å². The summed E-state index contributed by atoms with van der Waals surface area (Å²) in [6, 6.07) is 1.53. The number of nitrogens with zero attached hydrogens (tertiary/aromatic N) is 1. The average molecular weight is 382 g/mol. The van der Waals surface area contributed by atoms with Crippen LogP contribution in [0.15, 0.2) is 20.0 Å². The van der Waals surface area contributed by atoms with Crippen molar-refractivity contribution in [3.63, 3.8) is 0 Å². The zero-order chi connectivity index (χ0) is 15.9. The fourth-order valence-electron chi connectivity index (χ4n) is 2.00. The van der Waals surface area contributed by atoms with Crippen LogP contribution in [0.1, 0.15) is 26.0 Å². The highest BCUT2D eigenvalue weighted by Crippen LogP contribution is 2.25. The molecule has 6 nitrogen and oxygen atoms in total. The van der Waals surface area contributed by atoms with Crippen LogP contribution in [0.25, 0.3) is 0 Å². The third-order valence-corrected chi connectivity index (χ3v) is 5.37. The van der Waals surface area contributed by atoms with Gasteiger partial charge in [-0.3, -0.25) is 0 Å². The number of nitrogens with one attached hydrogen (secondary N) is 2. The van der Waals surface area contributed by atoms with Crippen LogP contribution in [0.4, 0.5) is 0 Å². The van der Waals surface area contributed by atoms with Gasteiger partial charge in [0.25, 0.3) is 0 Å². The molecule has 8 heteroatoms. The molecule has 0 aliphatic carbocycles. The molecule has 2 N–H and O–H groups in total. The molecule has 1 heterocycles. The molecule has 0 aliphatic heterocycles. The van der Waals surface area contributed by atoms with Gasteiger partial charge < -0.3 is 14.6 Å². The molecule has 0 bridgehead atoms. The fraction of sp³-hybridized carbons (Fsp3) is 0.692. The summed E-state index contributed by atoms with van der Waals surface area (Å²) in [6.45, 7) is 7.63. The molecule has 0 spiro atoms. The summed E-state index contributed by atoms with van der Waals surface area (Å²) < 4.78 is 32.7. The number of hydrogen-bond donors (Lipinski definition) is 2. The number of sulfonamides is 1. The zero-order valence-corrected chi connectivity index (χ0v) is 15.2. The van der Waals surface area contributed by atoms with Crippen LogP contribution < -0.4 is 10.0 Å². The van der Waals surface area contributed by atoms with Crippen LogP contribution in [0, 0.1) is 0 Å². The van der Waals surface area contributed by atoms with Crippen molar-refractivity contribution in [3.05, 3.63) is 16.5 Å². The summed E-state index contributed by atoms with van der Waals surface area (Å²) in [6.07, 6.45) is 1.06. The first-order valence-corrected chi connectivity index (χ1v) is 9.37. The van der Waals surface area contributed by atoms with Crippen molar-refractivity contribution in [2.45, 2.75) is 31.7 Å². The maximum absolute atomic E-state index is 12.3. The molecule has 0 saturated heterocycles. The van der Waals surface area contributed by atoms with E-state index in [1.165, 1.54) is 6.07 Å². The quantitative estimate of drug-likeness (QED) is 0.645. The van der Waals surface area contributed by atoms with Gasteiger partial charge in [-0.25, -0.2) is 13.1 Å². The molecule has 1 aromatic rings. The summed E-state index contributed by atoms with van der Waals surface area (Å²) >= 11 is 3.16. The Balaban J connectivity index is 2.65. The first-order chi connectivity index (χ1) is 9.94. The largest absolute Gasteiger partial charge is 0.452 e. The second-order valence-electron chi connectivity index (χ2n) is 4.71. The summed E-state index contributed by atoms with van der Waals surface area (Å²) in [7, 11) is -1.78. The van der Waals surface area contributed by atoms with Gasteiger partial charge >= 0.3 is 0 Å². The molecule has 0 saturated carbocycles. The van der Waals surface area contributed by atoms with Gasteiger partial charge in [0, 0.05) is 19.2 Å². The maximum atomic E-state index is 12.3. The minimum Gasteiger partial charge on any atom is -0.452 e. The Hall–Kier alpha value is -0.410. The monoisotopic (exact) mass is 381 g/mol. The number of hydrogen-bond acceptors (Lipinski definition) is 5. The van der Waals surface area contributed by atoms with Gasteiger partial charge in [-0.15, -0.1) is 0 Å². The molecular formula is C13H24BrN3O3S. The van der Waals surface area contributed by atoms with E-state index in [1.807, 2.05) is 0 Å². The summed E-state index contributed by atoms with van der Waals surface area (Å²) in [5, 5.41) is 2.92. The Kier molecular flexibility index (Phi) is 7.89. The van der Waals surface area contributed by atoms with Crippen molar-refractivity contribution in [1.29, 1.82) is 0 Å². The Morgan fingerprint density at radius 2 is 2.05 bits per heavy atom. The molecule has 0 atom stereocenters. The summed E-state index contributed by atoms with van der Waals surface area (Å²) in [5.41, 5.74) is 0. The van der Waals surface area contributed by atoms with E-state index >= 15 is 0 Å². The van der Waals surface area contributed by atoms with Crippen molar-refractivity contribution >= 4 is 26.0 Å². The van der Waals surface area contributed by atoms with Gasteiger partial charge in [-0.2, -0.15) is 0 Å². The lowest BCUT2D eigenvalue weighted by molar-refractivity contribution is 0.293. The second-order valence-corrected chi connectivity index (χ2v) is 7.17. The number of furan rings is 1. The van der Waals surface area contributed by atoms with Crippen LogP contribution in [-0.4, -0.2) is 46.5 Å². The molecule has 122 valence electrons. The molecule has 0 fully saturated rings. The highest BCUT2D eigenvalue weighted by atomic mass is 79.9. The molecular weight excluding hydrogens is 358 g/mol. The summed E-state index contributed by atoms with van der Waals surface area (Å²) in [5.74, 6) is 0.575. The smallest absolute Gasteiger partial charge is 0.245 e. The van der Waals surface area contributed by atoms with Crippen molar-refractivity contribution < 1.29 is 12.8 Å². The lowest BCUT2D eigenvalue weighted by Crippen LogP contribution is -2.35. The Labute approximate surface area is 135 Å². The van der Waals surface area contributed by atoms with Crippen molar-refractivity contribution in [2.75, 3.05) is 33.2 Å². The average Bonchev–Trinajstić information content (AvgIpc) is 2.80. The van der Waals surface area contributed by atoms with Crippen molar-refractivity contribution in [1.82, 2.24) is 14.9 Å². The van der Waals surface area contributed by atoms with E-state index in [4.69, 9.17) is 4.42 Å². The topological polar surface area (TPSA) is 74.6 Å². The van der Waals surface area contributed by atoms with Gasteiger partial charge in [0.15, 0.2) is 4.67 Å².